The molecule has 1 amide bonds. The molecule has 19 heavy (non-hydrogen) atoms. The van der Waals surface area contributed by atoms with E-state index in [1.807, 2.05) is 6.07 Å². The number of amides is 1. The van der Waals surface area contributed by atoms with Gasteiger partial charge in [0.1, 0.15) is 0 Å². The topological polar surface area (TPSA) is 55.1 Å². The zero-order valence-corrected chi connectivity index (χ0v) is 11.4. The summed E-state index contributed by atoms with van der Waals surface area (Å²) in [6, 6.07) is 6.14. The van der Waals surface area contributed by atoms with Crippen molar-refractivity contribution >= 4 is 5.91 Å². The Balaban J connectivity index is 1.77. The van der Waals surface area contributed by atoms with Gasteiger partial charge in [0, 0.05) is 12.1 Å². The summed E-state index contributed by atoms with van der Waals surface area (Å²) in [5.41, 5.74) is 9.26. The highest BCUT2D eigenvalue weighted by atomic mass is 16.1. The molecule has 0 atom stereocenters. The lowest BCUT2D eigenvalue weighted by Gasteiger charge is -2.28. The predicted molar refractivity (Wildman–Crippen MR) is 76.2 cm³/mol. The average Bonchev–Trinajstić information content (AvgIpc) is 3.06. The molecule has 0 radical (unpaired) electrons. The molecule has 2 aliphatic carbocycles. The van der Waals surface area contributed by atoms with Crippen molar-refractivity contribution < 1.29 is 4.79 Å². The van der Waals surface area contributed by atoms with E-state index < -0.39 is 0 Å². The fourth-order valence-electron chi connectivity index (χ4n) is 3.46. The van der Waals surface area contributed by atoms with Gasteiger partial charge in [0.2, 0.25) is 0 Å². The number of benzene rings is 1. The first-order valence-electron chi connectivity index (χ1n) is 7.37. The first-order chi connectivity index (χ1) is 9.22. The molecule has 3 heteroatoms. The number of fused-ring (bicyclic) bond motifs is 1. The van der Waals surface area contributed by atoms with Gasteiger partial charge in [-0.1, -0.05) is 18.9 Å². The Morgan fingerprint density at radius 3 is 2.63 bits per heavy atom. The molecule has 3 rings (SSSR count). The van der Waals surface area contributed by atoms with E-state index in [0.717, 1.165) is 31.2 Å². The summed E-state index contributed by atoms with van der Waals surface area (Å²) >= 11 is 0. The quantitative estimate of drug-likeness (QED) is 0.873. The molecule has 0 unspecified atom stereocenters. The van der Waals surface area contributed by atoms with E-state index in [1.165, 1.54) is 30.4 Å². The van der Waals surface area contributed by atoms with E-state index in [9.17, 15) is 4.79 Å². The maximum atomic E-state index is 12.4. The van der Waals surface area contributed by atoms with Crippen molar-refractivity contribution in [2.24, 2.45) is 5.73 Å². The lowest BCUT2D eigenvalue weighted by atomic mass is 9.96. The average molecular weight is 258 g/mol. The maximum absolute atomic E-state index is 12.4. The lowest BCUT2D eigenvalue weighted by Crippen LogP contribution is -2.51. The minimum absolute atomic E-state index is 0.0436. The van der Waals surface area contributed by atoms with E-state index in [4.69, 9.17) is 5.73 Å². The van der Waals surface area contributed by atoms with Crippen LogP contribution in [0.5, 0.6) is 0 Å². The van der Waals surface area contributed by atoms with Gasteiger partial charge in [0.05, 0.1) is 5.54 Å². The Bertz CT molecular complexity index is 490. The van der Waals surface area contributed by atoms with Crippen LogP contribution in [0.1, 0.15) is 53.6 Å². The zero-order valence-electron chi connectivity index (χ0n) is 11.4. The minimum atomic E-state index is -0.157. The molecule has 102 valence electrons. The molecule has 2 aliphatic rings. The maximum Gasteiger partial charge on any atom is 0.251 e. The molecule has 1 aromatic rings. The van der Waals surface area contributed by atoms with Crippen LogP contribution in [0.4, 0.5) is 0 Å². The third-order valence-electron chi connectivity index (χ3n) is 4.69. The SMILES string of the molecule is NCC1(NC(=O)c2ccc3c(c2)CCC3)CCCC1. The lowest BCUT2D eigenvalue weighted by molar-refractivity contribution is 0.0903. The van der Waals surface area contributed by atoms with Crippen molar-refractivity contribution in [3.05, 3.63) is 34.9 Å². The molecule has 3 nitrogen and oxygen atoms in total. The minimum Gasteiger partial charge on any atom is -0.345 e. The van der Waals surface area contributed by atoms with Crippen LogP contribution in [-0.2, 0) is 12.8 Å². The van der Waals surface area contributed by atoms with Gasteiger partial charge < -0.3 is 11.1 Å². The highest BCUT2D eigenvalue weighted by molar-refractivity contribution is 5.95. The summed E-state index contributed by atoms with van der Waals surface area (Å²) in [4.78, 5) is 12.4. The van der Waals surface area contributed by atoms with Crippen LogP contribution >= 0.6 is 0 Å². The summed E-state index contributed by atoms with van der Waals surface area (Å²) in [6.07, 6.45) is 7.85. The number of hydrogen-bond donors (Lipinski definition) is 2. The number of nitrogens with one attached hydrogen (secondary N) is 1. The first kappa shape index (κ1) is 12.7. The third-order valence-corrected chi connectivity index (χ3v) is 4.69. The molecule has 0 aromatic heterocycles. The van der Waals surface area contributed by atoms with E-state index in [-0.39, 0.29) is 11.4 Å². The monoisotopic (exact) mass is 258 g/mol. The van der Waals surface area contributed by atoms with Crippen LogP contribution in [0, 0.1) is 0 Å². The van der Waals surface area contributed by atoms with Gasteiger partial charge in [-0.05, 0) is 55.4 Å². The molecular formula is C16H22N2O. The fraction of sp³-hybridized carbons (Fsp3) is 0.562. The highest BCUT2D eigenvalue weighted by Crippen LogP contribution is 2.29. The van der Waals surface area contributed by atoms with Crippen LogP contribution in [0.2, 0.25) is 0 Å². The number of aryl methyl sites for hydroxylation is 2. The Labute approximate surface area is 114 Å². The van der Waals surface area contributed by atoms with E-state index in [0.29, 0.717) is 6.54 Å². The van der Waals surface area contributed by atoms with Gasteiger partial charge in [-0.15, -0.1) is 0 Å². The van der Waals surface area contributed by atoms with E-state index in [2.05, 4.69) is 17.4 Å². The Morgan fingerprint density at radius 2 is 1.89 bits per heavy atom. The van der Waals surface area contributed by atoms with Gasteiger partial charge in [0.25, 0.3) is 5.91 Å². The second-order valence-electron chi connectivity index (χ2n) is 5.98. The largest absolute Gasteiger partial charge is 0.345 e. The molecule has 0 bridgehead atoms. The summed E-state index contributed by atoms with van der Waals surface area (Å²) in [6.45, 7) is 0.545. The molecule has 0 heterocycles. The molecule has 1 aromatic carbocycles. The van der Waals surface area contributed by atoms with E-state index in [1.54, 1.807) is 0 Å². The summed E-state index contributed by atoms with van der Waals surface area (Å²) in [5.74, 6) is 0.0436. The van der Waals surface area contributed by atoms with Crippen molar-refractivity contribution in [1.82, 2.24) is 5.32 Å². The second-order valence-corrected chi connectivity index (χ2v) is 5.98. The standard InChI is InChI=1S/C16H22N2O/c17-11-16(8-1-2-9-16)18-15(19)14-7-6-12-4-3-5-13(12)10-14/h6-7,10H,1-5,8-9,11,17H2,(H,18,19). The molecule has 0 aliphatic heterocycles. The Morgan fingerprint density at radius 1 is 1.16 bits per heavy atom. The van der Waals surface area contributed by atoms with Gasteiger partial charge in [-0.25, -0.2) is 0 Å². The van der Waals surface area contributed by atoms with Crippen LogP contribution in [0.25, 0.3) is 0 Å². The van der Waals surface area contributed by atoms with Gasteiger partial charge in [0.15, 0.2) is 0 Å². The molecule has 0 spiro atoms. The second kappa shape index (κ2) is 4.97. The smallest absolute Gasteiger partial charge is 0.251 e. The summed E-state index contributed by atoms with van der Waals surface area (Å²) in [7, 11) is 0. The van der Waals surface area contributed by atoms with Crippen molar-refractivity contribution in [3.63, 3.8) is 0 Å². The van der Waals surface area contributed by atoms with Crippen LogP contribution in [0.3, 0.4) is 0 Å². The molecule has 3 N–H and O–H groups in total. The highest BCUT2D eigenvalue weighted by Gasteiger charge is 2.34. The van der Waals surface area contributed by atoms with E-state index >= 15 is 0 Å². The molecule has 1 saturated carbocycles. The molecular weight excluding hydrogens is 236 g/mol. The Kier molecular flexibility index (Phi) is 3.31. The van der Waals surface area contributed by atoms with Crippen LogP contribution < -0.4 is 11.1 Å². The molecule has 1 fully saturated rings. The Hall–Kier alpha value is -1.35. The predicted octanol–water partition coefficient (Wildman–Crippen LogP) is 2.18. The zero-order chi connectivity index (χ0) is 13.3. The number of nitrogens with two attached hydrogens (primary N) is 1. The van der Waals surface area contributed by atoms with Crippen LogP contribution in [-0.4, -0.2) is 18.0 Å². The first-order valence-corrected chi connectivity index (χ1v) is 7.37. The number of carbonyl (C=O) groups is 1. The van der Waals surface area contributed by atoms with Gasteiger partial charge in [-0.2, -0.15) is 0 Å². The number of rotatable bonds is 3. The van der Waals surface area contributed by atoms with Gasteiger partial charge in [-0.3, -0.25) is 4.79 Å². The third kappa shape index (κ3) is 2.39. The summed E-state index contributed by atoms with van der Waals surface area (Å²) in [5, 5.41) is 3.19. The van der Waals surface area contributed by atoms with Crippen molar-refractivity contribution in [2.75, 3.05) is 6.54 Å². The summed E-state index contributed by atoms with van der Waals surface area (Å²) < 4.78 is 0. The number of hydrogen-bond acceptors (Lipinski definition) is 2. The normalized spacial score (nSPS) is 20.3. The van der Waals surface area contributed by atoms with Crippen molar-refractivity contribution in [3.8, 4) is 0 Å². The number of carbonyl (C=O) groups excluding carboxylic acids is 1. The fourth-order valence-corrected chi connectivity index (χ4v) is 3.46. The van der Waals surface area contributed by atoms with Gasteiger partial charge >= 0.3 is 0 Å². The van der Waals surface area contributed by atoms with Crippen molar-refractivity contribution in [1.29, 1.82) is 0 Å². The molecule has 0 saturated heterocycles. The van der Waals surface area contributed by atoms with Crippen molar-refractivity contribution in [2.45, 2.75) is 50.5 Å². The van der Waals surface area contributed by atoms with Crippen LogP contribution in [0.15, 0.2) is 18.2 Å².